The predicted octanol–water partition coefficient (Wildman–Crippen LogP) is 3.36. The second kappa shape index (κ2) is 8.13. The Kier molecular flexibility index (Phi) is 5.67. The Morgan fingerprint density at radius 1 is 1.12 bits per heavy atom. The number of rotatable bonds is 8. The van der Waals surface area contributed by atoms with Crippen molar-refractivity contribution in [3.05, 3.63) is 71.8 Å². The van der Waals surface area contributed by atoms with Crippen LogP contribution in [0.4, 0.5) is 0 Å². The molecule has 0 saturated carbocycles. The number of hydrogen-bond donors (Lipinski definition) is 0. The van der Waals surface area contributed by atoms with Crippen LogP contribution in [0.1, 0.15) is 17.8 Å². The maximum absolute atomic E-state index is 6.34. The van der Waals surface area contributed by atoms with Gasteiger partial charge in [-0.25, -0.2) is 9.97 Å². The third-order valence-corrected chi connectivity index (χ3v) is 4.46. The second-order valence-electron chi connectivity index (χ2n) is 5.91. The smallest absolute Gasteiger partial charge is 0.122 e. The van der Waals surface area contributed by atoms with Crippen LogP contribution in [0.3, 0.4) is 0 Å². The molecular weight excluding hydrogens is 322 g/mol. The van der Waals surface area contributed by atoms with Crippen molar-refractivity contribution in [1.82, 2.24) is 24.0 Å². The Morgan fingerprint density at radius 2 is 2.00 bits per heavy atom. The molecule has 0 radical (unpaired) electrons. The first kappa shape index (κ1) is 16.7. The van der Waals surface area contributed by atoms with Gasteiger partial charge in [0.15, 0.2) is 0 Å². The van der Waals surface area contributed by atoms with Gasteiger partial charge in [-0.3, -0.25) is 4.90 Å². The SMILES string of the molecule is Cn1ccnc1CN(CCCn1ccnc1)Cc1ccccc1Cl. The van der Waals surface area contributed by atoms with Crippen LogP contribution in [0.15, 0.2) is 55.4 Å². The molecule has 3 aromatic rings. The van der Waals surface area contributed by atoms with Gasteiger partial charge in [0, 0.05) is 56.5 Å². The molecule has 24 heavy (non-hydrogen) atoms. The highest BCUT2D eigenvalue weighted by Crippen LogP contribution is 2.18. The van der Waals surface area contributed by atoms with Gasteiger partial charge in [-0.05, 0) is 18.1 Å². The molecule has 126 valence electrons. The molecule has 0 fully saturated rings. The lowest BCUT2D eigenvalue weighted by Gasteiger charge is -2.23. The summed E-state index contributed by atoms with van der Waals surface area (Å²) in [6.07, 6.45) is 10.5. The minimum atomic E-state index is 0.804. The van der Waals surface area contributed by atoms with Crippen molar-refractivity contribution in [3.8, 4) is 0 Å². The number of imidazole rings is 2. The van der Waals surface area contributed by atoms with Crippen LogP contribution in [0.2, 0.25) is 5.02 Å². The van der Waals surface area contributed by atoms with Crippen LogP contribution in [-0.4, -0.2) is 30.5 Å². The van der Waals surface area contributed by atoms with E-state index in [0.29, 0.717) is 0 Å². The van der Waals surface area contributed by atoms with Gasteiger partial charge in [0.2, 0.25) is 0 Å². The quantitative estimate of drug-likeness (QED) is 0.629. The van der Waals surface area contributed by atoms with Gasteiger partial charge in [-0.1, -0.05) is 29.8 Å². The van der Waals surface area contributed by atoms with E-state index in [1.165, 1.54) is 0 Å². The van der Waals surface area contributed by atoms with E-state index in [1.54, 1.807) is 0 Å². The van der Waals surface area contributed by atoms with Crippen molar-refractivity contribution >= 4 is 11.6 Å². The topological polar surface area (TPSA) is 38.9 Å². The zero-order valence-corrected chi connectivity index (χ0v) is 14.6. The van der Waals surface area contributed by atoms with Crippen LogP contribution >= 0.6 is 11.6 Å². The van der Waals surface area contributed by atoms with Crippen molar-refractivity contribution < 1.29 is 0 Å². The zero-order valence-electron chi connectivity index (χ0n) is 13.8. The lowest BCUT2D eigenvalue weighted by molar-refractivity contribution is 0.240. The Bertz CT molecular complexity index is 750. The highest BCUT2D eigenvalue weighted by atomic mass is 35.5. The summed E-state index contributed by atoms with van der Waals surface area (Å²) in [6, 6.07) is 8.03. The van der Waals surface area contributed by atoms with Gasteiger partial charge in [0.1, 0.15) is 5.82 Å². The van der Waals surface area contributed by atoms with E-state index in [0.717, 1.165) is 49.0 Å². The van der Waals surface area contributed by atoms with Crippen LogP contribution in [0.25, 0.3) is 0 Å². The summed E-state index contributed by atoms with van der Waals surface area (Å²) in [5, 5.41) is 0.817. The van der Waals surface area contributed by atoms with Crippen LogP contribution in [-0.2, 0) is 26.7 Å². The average Bonchev–Trinajstić information content (AvgIpc) is 3.22. The fourth-order valence-corrected chi connectivity index (χ4v) is 2.92. The summed E-state index contributed by atoms with van der Waals surface area (Å²) in [4.78, 5) is 10.9. The molecule has 0 amide bonds. The number of aryl methyl sites for hydroxylation is 2. The fraction of sp³-hybridized carbons (Fsp3) is 0.333. The Morgan fingerprint density at radius 3 is 2.71 bits per heavy atom. The van der Waals surface area contributed by atoms with Gasteiger partial charge in [0.25, 0.3) is 0 Å². The van der Waals surface area contributed by atoms with E-state index in [9.17, 15) is 0 Å². The van der Waals surface area contributed by atoms with Crippen molar-refractivity contribution in [2.45, 2.75) is 26.1 Å². The maximum atomic E-state index is 6.34. The summed E-state index contributed by atoms with van der Waals surface area (Å²) in [5.41, 5.74) is 1.15. The summed E-state index contributed by atoms with van der Waals surface area (Å²) < 4.78 is 4.17. The summed E-state index contributed by atoms with van der Waals surface area (Å²) >= 11 is 6.34. The monoisotopic (exact) mass is 343 g/mol. The first-order chi connectivity index (χ1) is 11.7. The number of nitrogens with zero attached hydrogens (tertiary/aromatic N) is 5. The fourth-order valence-electron chi connectivity index (χ4n) is 2.73. The van der Waals surface area contributed by atoms with Crippen molar-refractivity contribution in [2.24, 2.45) is 7.05 Å². The molecule has 0 unspecified atom stereocenters. The van der Waals surface area contributed by atoms with Gasteiger partial charge in [0.05, 0.1) is 12.9 Å². The molecule has 0 aliphatic carbocycles. The highest BCUT2D eigenvalue weighted by molar-refractivity contribution is 6.31. The van der Waals surface area contributed by atoms with E-state index < -0.39 is 0 Å². The molecule has 2 heterocycles. The molecule has 2 aromatic heterocycles. The molecule has 3 rings (SSSR count). The maximum Gasteiger partial charge on any atom is 0.122 e. The normalized spacial score (nSPS) is 11.3. The Hall–Kier alpha value is -2.11. The first-order valence-corrected chi connectivity index (χ1v) is 8.48. The predicted molar refractivity (Wildman–Crippen MR) is 95.6 cm³/mol. The second-order valence-corrected chi connectivity index (χ2v) is 6.32. The first-order valence-electron chi connectivity index (χ1n) is 8.10. The Labute approximate surface area is 147 Å². The molecule has 1 aromatic carbocycles. The Balaban J connectivity index is 1.65. The number of hydrogen-bond acceptors (Lipinski definition) is 3. The van der Waals surface area contributed by atoms with Gasteiger partial charge in [-0.2, -0.15) is 0 Å². The zero-order chi connectivity index (χ0) is 16.8. The summed E-state index contributed by atoms with van der Waals surface area (Å²) in [6.45, 7) is 3.55. The molecule has 0 N–H and O–H groups in total. The third-order valence-electron chi connectivity index (χ3n) is 4.09. The number of aromatic nitrogens is 4. The summed E-state index contributed by atoms with van der Waals surface area (Å²) in [7, 11) is 2.03. The molecule has 0 aliphatic rings. The molecular formula is C18H22ClN5. The van der Waals surface area contributed by atoms with E-state index >= 15 is 0 Å². The molecule has 0 aliphatic heterocycles. The lowest BCUT2D eigenvalue weighted by atomic mass is 10.2. The standard InChI is InChI=1S/C18H22ClN5/c1-22-11-8-21-18(22)14-24(10-4-9-23-12-7-20-15-23)13-16-5-2-3-6-17(16)19/h2-3,5-8,11-12,15H,4,9-10,13-14H2,1H3. The molecule has 0 atom stereocenters. The van der Waals surface area contributed by atoms with Gasteiger partial charge < -0.3 is 9.13 Å². The number of benzene rings is 1. The van der Waals surface area contributed by atoms with Gasteiger partial charge >= 0.3 is 0 Å². The van der Waals surface area contributed by atoms with Crippen molar-refractivity contribution in [1.29, 1.82) is 0 Å². The van der Waals surface area contributed by atoms with E-state index in [2.05, 4.69) is 30.1 Å². The largest absolute Gasteiger partial charge is 0.337 e. The third kappa shape index (κ3) is 4.46. The van der Waals surface area contributed by atoms with E-state index in [1.807, 2.05) is 56.4 Å². The lowest BCUT2D eigenvalue weighted by Crippen LogP contribution is -2.26. The molecule has 5 nitrogen and oxygen atoms in total. The molecule has 0 bridgehead atoms. The minimum absolute atomic E-state index is 0.804. The van der Waals surface area contributed by atoms with E-state index in [-0.39, 0.29) is 0 Å². The molecule has 6 heteroatoms. The minimum Gasteiger partial charge on any atom is -0.337 e. The van der Waals surface area contributed by atoms with Crippen molar-refractivity contribution in [3.63, 3.8) is 0 Å². The van der Waals surface area contributed by atoms with Gasteiger partial charge in [-0.15, -0.1) is 0 Å². The highest BCUT2D eigenvalue weighted by Gasteiger charge is 2.11. The number of halogens is 1. The molecule has 0 saturated heterocycles. The van der Waals surface area contributed by atoms with Crippen LogP contribution in [0, 0.1) is 0 Å². The van der Waals surface area contributed by atoms with Crippen LogP contribution < -0.4 is 0 Å². The summed E-state index contributed by atoms with van der Waals surface area (Å²) in [5.74, 6) is 1.06. The molecule has 0 spiro atoms. The van der Waals surface area contributed by atoms with Crippen molar-refractivity contribution in [2.75, 3.05) is 6.54 Å². The van der Waals surface area contributed by atoms with E-state index in [4.69, 9.17) is 11.6 Å². The van der Waals surface area contributed by atoms with Crippen LogP contribution in [0.5, 0.6) is 0 Å². The average molecular weight is 344 g/mol.